The monoisotopic (exact) mass is 251 g/mol. The Kier molecular flexibility index (Phi) is 6.14. The smallest absolute Gasteiger partial charge is 0.222 e. The highest BCUT2D eigenvalue weighted by molar-refractivity contribution is 5.76. The maximum absolute atomic E-state index is 12.1. The Morgan fingerprint density at radius 3 is 2.83 bits per heavy atom. The number of nitrogens with one attached hydrogen (secondary N) is 1. The van der Waals surface area contributed by atoms with Crippen LogP contribution >= 0.6 is 0 Å². The summed E-state index contributed by atoms with van der Waals surface area (Å²) in [6.07, 6.45) is 3.43. The van der Waals surface area contributed by atoms with Crippen LogP contribution < -0.4 is 5.32 Å². The summed E-state index contributed by atoms with van der Waals surface area (Å²) in [5.41, 5.74) is 0. The molecule has 0 bridgehead atoms. The van der Waals surface area contributed by atoms with Crippen LogP contribution in [0.1, 0.15) is 39.5 Å². The second-order valence-electron chi connectivity index (χ2n) is 5.50. The number of piperidine rings is 1. The normalized spacial score (nSPS) is 22.9. The number of carbonyl (C=O) groups is 1. The molecule has 18 heavy (non-hydrogen) atoms. The number of amides is 1. The third-order valence-corrected chi connectivity index (χ3v) is 4.08. The fraction of sp³-hybridized carbons (Fsp3) is 0.857. The Hall–Kier alpha value is -1.08. The molecule has 0 radical (unpaired) electrons. The highest BCUT2D eigenvalue weighted by Gasteiger charge is 2.24. The number of hydrogen-bond donors (Lipinski definition) is 1. The second kappa shape index (κ2) is 7.38. The van der Waals surface area contributed by atoms with Crippen LogP contribution in [0.5, 0.6) is 0 Å². The summed E-state index contributed by atoms with van der Waals surface area (Å²) in [5, 5.41) is 12.1. The van der Waals surface area contributed by atoms with E-state index in [4.69, 9.17) is 5.26 Å². The van der Waals surface area contributed by atoms with Gasteiger partial charge in [-0.15, -0.1) is 0 Å². The van der Waals surface area contributed by atoms with Crippen molar-refractivity contribution in [3.8, 4) is 6.07 Å². The molecule has 0 aliphatic carbocycles. The molecule has 1 amide bonds. The third kappa shape index (κ3) is 4.30. The lowest BCUT2D eigenvalue weighted by Gasteiger charge is -2.30. The molecular formula is C14H25N3O. The molecule has 0 aromatic carbocycles. The number of hydrogen-bond acceptors (Lipinski definition) is 3. The molecule has 1 saturated heterocycles. The van der Waals surface area contributed by atoms with Gasteiger partial charge in [0.25, 0.3) is 0 Å². The lowest BCUT2D eigenvalue weighted by Crippen LogP contribution is -2.38. The van der Waals surface area contributed by atoms with Crippen molar-refractivity contribution in [1.29, 1.82) is 5.26 Å². The van der Waals surface area contributed by atoms with Gasteiger partial charge in [0.05, 0.1) is 12.5 Å². The fourth-order valence-corrected chi connectivity index (χ4v) is 2.47. The van der Waals surface area contributed by atoms with Crippen LogP contribution in [0.3, 0.4) is 0 Å². The minimum Gasteiger partial charge on any atom is -0.342 e. The van der Waals surface area contributed by atoms with Gasteiger partial charge in [-0.1, -0.05) is 6.92 Å². The first-order chi connectivity index (χ1) is 8.56. The molecule has 1 fully saturated rings. The van der Waals surface area contributed by atoms with Gasteiger partial charge in [-0.3, -0.25) is 4.79 Å². The summed E-state index contributed by atoms with van der Waals surface area (Å²) in [5.74, 6) is 1.19. The first-order valence-electron chi connectivity index (χ1n) is 6.89. The fourth-order valence-electron chi connectivity index (χ4n) is 2.47. The third-order valence-electron chi connectivity index (χ3n) is 4.08. The molecule has 1 N–H and O–H groups in total. The van der Waals surface area contributed by atoms with Gasteiger partial charge in [0.15, 0.2) is 0 Å². The van der Waals surface area contributed by atoms with E-state index < -0.39 is 0 Å². The maximum Gasteiger partial charge on any atom is 0.222 e. The molecule has 3 atom stereocenters. The summed E-state index contributed by atoms with van der Waals surface area (Å²) >= 11 is 0. The minimum atomic E-state index is 0.0131. The van der Waals surface area contributed by atoms with Crippen LogP contribution in [0, 0.1) is 23.2 Å². The van der Waals surface area contributed by atoms with Crippen LogP contribution in [0.15, 0.2) is 0 Å². The summed E-state index contributed by atoms with van der Waals surface area (Å²) in [6.45, 7) is 6.23. The number of nitriles is 1. The van der Waals surface area contributed by atoms with E-state index in [1.54, 1.807) is 11.9 Å². The first kappa shape index (κ1) is 15.0. The molecule has 0 spiro atoms. The van der Waals surface area contributed by atoms with Crippen molar-refractivity contribution in [2.45, 2.75) is 45.6 Å². The van der Waals surface area contributed by atoms with Gasteiger partial charge in [0.2, 0.25) is 5.91 Å². The van der Waals surface area contributed by atoms with Crippen LogP contribution in [-0.4, -0.2) is 37.0 Å². The predicted molar refractivity (Wildman–Crippen MR) is 71.8 cm³/mol. The van der Waals surface area contributed by atoms with Crippen molar-refractivity contribution in [2.24, 2.45) is 11.8 Å². The Labute approximate surface area is 110 Å². The Morgan fingerprint density at radius 2 is 2.28 bits per heavy atom. The second-order valence-corrected chi connectivity index (χ2v) is 5.50. The summed E-state index contributed by atoms with van der Waals surface area (Å²) in [6, 6.07) is 2.13. The Morgan fingerprint density at radius 1 is 1.56 bits per heavy atom. The van der Waals surface area contributed by atoms with Gasteiger partial charge in [-0.2, -0.15) is 5.26 Å². The van der Waals surface area contributed by atoms with Crippen LogP contribution in [0.2, 0.25) is 0 Å². The van der Waals surface area contributed by atoms with Crippen LogP contribution in [0.25, 0.3) is 0 Å². The summed E-state index contributed by atoms with van der Waals surface area (Å²) in [7, 11) is 1.80. The first-order valence-corrected chi connectivity index (χ1v) is 6.89. The number of rotatable bonds is 5. The SMILES string of the molecule is CC(CC(=O)N(C)C(C)CC#N)C1CCCNC1. The number of carbonyl (C=O) groups excluding carboxylic acids is 1. The molecule has 3 unspecified atom stereocenters. The molecule has 1 rings (SSSR count). The minimum absolute atomic E-state index is 0.0131. The van der Waals surface area contributed by atoms with E-state index in [1.807, 2.05) is 6.92 Å². The maximum atomic E-state index is 12.1. The largest absolute Gasteiger partial charge is 0.342 e. The number of nitrogens with zero attached hydrogens (tertiary/aromatic N) is 2. The van der Waals surface area contributed by atoms with Crippen LogP contribution in [-0.2, 0) is 4.79 Å². The molecule has 1 heterocycles. The van der Waals surface area contributed by atoms with E-state index in [1.165, 1.54) is 12.8 Å². The van der Waals surface area contributed by atoms with E-state index in [0.29, 0.717) is 24.7 Å². The average Bonchev–Trinajstić information content (AvgIpc) is 2.39. The standard InChI is InChI=1S/C14H25N3O/c1-11(13-5-4-8-16-10-13)9-14(18)17(3)12(2)6-7-15/h11-13,16H,4-6,8-10H2,1-3H3. The van der Waals surface area contributed by atoms with E-state index in [9.17, 15) is 4.79 Å². The van der Waals surface area contributed by atoms with E-state index >= 15 is 0 Å². The van der Waals surface area contributed by atoms with Crippen molar-refractivity contribution in [3.63, 3.8) is 0 Å². The van der Waals surface area contributed by atoms with Crippen LogP contribution in [0.4, 0.5) is 0 Å². The molecule has 102 valence electrons. The van der Waals surface area contributed by atoms with Crippen molar-refractivity contribution in [2.75, 3.05) is 20.1 Å². The molecular weight excluding hydrogens is 226 g/mol. The topological polar surface area (TPSA) is 56.1 Å². The lowest BCUT2D eigenvalue weighted by atomic mass is 9.85. The zero-order valence-electron chi connectivity index (χ0n) is 11.8. The van der Waals surface area contributed by atoms with Gasteiger partial charge in [0.1, 0.15) is 0 Å². The highest BCUT2D eigenvalue weighted by atomic mass is 16.2. The molecule has 0 saturated carbocycles. The molecule has 1 aliphatic heterocycles. The highest BCUT2D eigenvalue weighted by Crippen LogP contribution is 2.23. The van der Waals surface area contributed by atoms with Gasteiger partial charge in [0, 0.05) is 19.5 Å². The van der Waals surface area contributed by atoms with E-state index in [-0.39, 0.29) is 11.9 Å². The molecule has 0 aromatic heterocycles. The molecule has 0 aromatic rings. The zero-order valence-corrected chi connectivity index (χ0v) is 11.8. The van der Waals surface area contributed by atoms with E-state index in [2.05, 4.69) is 18.3 Å². The van der Waals surface area contributed by atoms with E-state index in [0.717, 1.165) is 13.1 Å². The lowest BCUT2D eigenvalue weighted by molar-refractivity contribution is -0.132. The van der Waals surface area contributed by atoms with Gasteiger partial charge in [-0.05, 0) is 44.7 Å². The van der Waals surface area contributed by atoms with Crippen molar-refractivity contribution < 1.29 is 4.79 Å². The summed E-state index contributed by atoms with van der Waals surface area (Å²) in [4.78, 5) is 13.8. The Bertz CT molecular complexity index is 305. The average molecular weight is 251 g/mol. The molecule has 1 aliphatic rings. The van der Waals surface area contributed by atoms with Gasteiger partial charge >= 0.3 is 0 Å². The molecule has 4 heteroatoms. The van der Waals surface area contributed by atoms with Crippen molar-refractivity contribution in [1.82, 2.24) is 10.2 Å². The predicted octanol–water partition coefficient (Wildman–Crippen LogP) is 1.77. The quantitative estimate of drug-likeness (QED) is 0.810. The van der Waals surface area contributed by atoms with Crippen molar-refractivity contribution >= 4 is 5.91 Å². The summed E-state index contributed by atoms with van der Waals surface area (Å²) < 4.78 is 0. The molecule has 4 nitrogen and oxygen atoms in total. The Balaban J connectivity index is 2.40. The van der Waals surface area contributed by atoms with Crippen molar-refractivity contribution in [3.05, 3.63) is 0 Å². The zero-order chi connectivity index (χ0) is 13.5. The van der Waals surface area contributed by atoms with Gasteiger partial charge < -0.3 is 10.2 Å². The van der Waals surface area contributed by atoms with Gasteiger partial charge in [-0.25, -0.2) is 0 Å².